The second kappa shape index (κ2) is 0.513. The third-order valence-electron chi connectivity index (χ3n) is 3.42. The van der Waals surface area contributed by atoms with Crippen LogP contribution in [0.15, 0.2) is 23.3 Å². The largest absolute Gasteiger partial charge is 0.0794 e. The lowest BCUT2D eigenvalue weighted by molar-refractivity contribution is 0.503. The van der Waals surface area contributed by atoms with E-state index >= 15 is 0 Å². The van der Waals surface area contributed by atoms with Crippen LogP contribution >= 0.6 is 0 Å². The van der Waals surface area contributed by atoms with Gasteiger partial charge in [0.25, 0.3) is 0 Å². The van der Waals surface area contributed by atoms with Gasteiger partial charge in [0.15, 0.2) is 0 Å². The fraction of sp³-hybridized carbons (Fsp3) is 0.500. The maximum absolute atomic E-state index is 2.49. The first-order valence-electron chi connectivity index (χ1n) is 3.40. The van der Waals surface area contributed by atoms with Crippen LogP contribution in [0.4, 0.5) is 0 Å². The minimum absolute atomic E-state index is 1.02. The van der Waals surface area contributed by atoms with E-state index in [-0.39, 0.29) is 0 Å². The molecule has 0 radical (unpaired) electrons. The van der Waals surface area contributed by atoms with E-state index < -0.39 is 0 Å². The van der Waals surface area contributed by atoms with Crippen LogP contribution in [0.2, 0.25) is 0 Å². The molecule has 3 fully saturated rings. The van der Waals surface area contributed by atoms with Gasteiger partial charge in [-0.15, -0.1) is 0 Å². The van der Waals surface area contributed by atoms with Crippen molar-refractivity contribution in [2.45, 2.75) is 0 Å². The van der Waals surface area contributed by atoms with Crippen LogP contribution < -0.4 is 0 Å². The summed E-state index contributed by atoms with van der Waals surface area (Å²) in [5, 5.41) is 0. The smallest absolute Gasteiger partial charge is 0.00885 e. The summed E-state index contributed by atoms with van der Waals surface area (Å²) in [6.07, 6.45) is 4.99. The lowest BCUT2D eigenvalue weighted by Crippen LogP contribution is -2.31. The summed E-state index contributed by atoms with van der Waals surface area (Å²) >= 11 is 0. The van der Waals surface area contributed by atoms with E-state index in [1.165, 1.54) is 0 Å². The first kappa shape index (κ1) is 2.86. The van der Waals surface area contributed by atoms with Crippen LogP contribution in [0, 0.1) is 23.7 Å². The van der Waals surface area contributed by atoms with Crippen LogP contribution in [-0.2, 0) is 0 Å². The molecule has 3 saturated carbocycles. The van der Waals surface area contributed by atoms with Gasteiger partial charge in [-0.1, -0.05) is 23.3 Å². The molecule has 0 aromatic heterocycles. The van der Waals surface area contributed by atoms with E-state index in [1.807, 2.05) is 0 Å². The maximum Gasteiger partial charge on any atom is 0.00885 e. The SMILES string of the molecule is C1=C2C3C4=CC(C24)C13. The van der Waals surface area contributed by atoms with Gasteiger partial charge in [0.1, 0.15) is 0 Å². The average Bonchev–Trinajstić information content (AvgIpc) is 2.20. The molecule has 0 N–H and O–H groups in total. The first-order chi connectivity index (χ1) is 3.97. The average molecular weight is 102 g/mol. The van der Waals surface area contributed by atoms with Crippen LogP contribution in [0.5, 0.6) is 0 Å². The summed E-state index contributed by atoms with van der Waals surface area (Å²) in [5.41, 5.74) is 3.61. The summed E-state index contributed by atoms with van der Waals surface area (Å²) in [6, 6.07) is 0. The fourth-order valence-corrected chi connectivity index (χ4v) is 3.05. The molecule has 0 heterocycles. The highest BCUT2D eigenvalue weighted by molar-refractivity contribution is 5.64. The van der Waals surface area contributed by atoms with Gasteiger partial charge in [-0.3, -0.25) is 0 Å². The third kappa shape index (κ3) is 0.0874. The van der Waals surface area contributed by atoms with Crippen molar-refractivity contribution < 1.29 is 0 Å². The lowest BCUT2D eigenvalue weighted by Gasteiger charge is -2.41. The molecule has 0 heteroatoms. The van der Waals surface area contributed by atoms with Crippen molar-refractivity contribution in [1.82, 2.24) is 0 Å². The number of hydrogen-bond acceptors (Lipinski definition) is 0. The van der Waals surface area contributed by atoms with Gasteiger partial charge in [0.05, 0.1) is 0 Å². The van der Waals surface area contributed by atoms with E-state index in [0.29, 0.717) is 0 Å². The molecule has 0 amide bonds. The van der Waals surface area contributed by atoms with Crippen molar-refractivity contribution in [2.75, 3.05) is 0 Å². The van der Waals surface area contributed by atoms with Crippen molar-refractivity contribution in [3.8, 4) is 0 Å². The molecule has 0 aromatic rings. The standard InChI is InChI=1S/C8H6/c1-3-4-2-6-7(3)5(1)8(4)6/h1-4,7-8H. The Hall–Kier alpha value is -0.520. The molecule has 38 valence electrons. The molecule has 0 atom stereocenters. The Labute approximate surface area is 47.9 Å². The Morgan fingerprint density at radius 2 is 1.38 bits per heavy atom. The quantitative estimate of drug-likeness (QED) is 0.405. The van der Waals surface area contributed by atoms with Crippen LogP contribution in [0.1, 0.15) is 0 Å². The van der Waals surface area contributed by atoms with Gasteiger partial charge in [-0.2, -0.15) is 0 Å². The molecular weight excluding hydrogens is 96.1 g/mol. The number of allylic oxidation sites excluding steroid dienone is 4. The molecule has 0 aliphatic heterocycles. The molecule has 5 aliphatic rings. The fourth-order valence-electron chi connectivity index (χ4n) is 3.05. The minimum atomic E-state index is 1.02. The molecule has 5 rings (SSSR count). The molecule has 0 saturated heterocycles. The van der Waals surface area contributed by atoms with E-state index in [1.54, 1.807) is 11.1 Å². The molecule has 0 spiro atoms. The Balaban J connectivity index is 2.28. The van der Waals surface area contributed by atoms with Gasteiger partial charge in [-0.25, -0.2) is 0 Å². The molecule has 6 bridgehead atoms. The maximum atomic E-state index is 2.49. The van der Waals surface area contributed by atoms with Gasteiger partial charge >= 0.3 is 0 Å². The number of hydrogen-bond donors (Lipinski definition) is 0. The van der Waals surface area contributed by atoms with Gasteiger partial charge in [0.2, 0.25) is 0 Å². The van der Waals surface area contributed by atoms with Crippen LogP contribution in [0.3, 0.4) is 0 Å². The second-order valence-corrected chi connectivity index (χ2v) is 3.44. The van der Waals surface area contributed by atoms with Crippen molar-refractivity contribution in [2.24, 2.45) is 23.7 Å². The summed E-state index contributed by atoms with van der Waals surface area (Å²) < 4.78 is 0. The summed E-state index contributed by atoms with van der Waals surface area (Å²) in [4.78, 5) is 0. The van der Waals surface area contributed by atoms with Crippen molar-refractivity contribution in [1.29, 1.82) is 0 Å². The van der Waals surface area contributed by atoms with Gasteiger partial charge < -0.3 is 0 Å². The summed E-state index contributed by atoms with van der Waals surface area (Å²) in [5.74, 6) is 4.07. The van der Waals surface area contributed by atoms with E-state index in [4.69, 9.17) is 0 Å². The molecular formula is C8H6. The van der Waals surface area contributed by atoms with E-state index in [9.17, 15) is 0 Å². The van der Waals surface area contributed by atoms with Gasteiger partial charge in [-0.05, 0) is 11.8 Å². The molecule has 0 unspecified atom stereocenters. The topological polar surface area (TPSA) is 0 Å². The zero-order chi connectivity index (χ0) is 4.88. The number of rotatable bonds is 0. The Bertz CT molecular complexity index is 217. The zero-order valence-corrected chi connectivity index (χ0v) is 4.46. The highest BCUT2D eigenvalue weighted by Gasteiger charge is 2.69. The van der Waals surface area contributed by atoms with Crippen LogP contribution in [-0.4, -0.2) is 0 Å². The monoisotopic (exact) mass is 102 g/mol. The lowest BCUT2D eigenvalue weighted by atomic mass is 9.62. The Kier molecular flexibility index (Phi) is 0.183. The Morgan fingerprint density at radius 1 is 0.875 bits per heavy atom. The normalized spacial score (nSPS) is 67.0. The highest BCUT2D eigenvalue weighted by atomic mass is 14.7. The molecule has 8 heavy (non-hydrogen) atoms. The van der Waals surface area contributed by atoms with Crippen molar-refractivity contribution in [3.05, 3.63) is 23.3 Å². The van der Waals surface area contributed by atoms with Gasteiger partial charge in [0, 0.05) is 11.8 Å². The first-order valence-corrected chi connectivity index (χ1v) is 3.40. The Morgan fingerprint density at radius 3 is 1.62 bits per heavy atom. The summed E-state index contributed by atoms with van der Waals surface area (Å²) in [6.45, 7) is 0. The third-order valence-corrected chi connectivity index (χ3v) is 3.42. The molecule has 0 aromatic carbocycles. The highest BCUT2D eigenvalue weighted by Crippen LogP contribution is 2.77. The zero-order valence-electron chi connectivity index (χ0n) is 4.46. The summed E-state index contributed by atoms with van der Waals surface area (Å²) in [7, 11) is 0. The van der Waals surface area contributed by atoms with E-state index in [0.717, 1.165) is 23.7 Å². The van der Waals surface area contributed by atoms with Crippen LogP contribution in [0.25, 0.3) is 0 Å². The van der Waals surface area contributed by atoms with Crippen molar-refractivity contribution >= 4 is 0 Å². The molecule has 0 nitrogen and oxygen atoms in total. The van der Waals surface area contributed by atoms with Crippen molar-refractivity contribution in [3.63, 3.8) is 0 Å². The second-order valence-electron chi connectivity index (χ2n) is 3.44. The molecule has 5 aliphatic carbocycles. The predicted octanol–water partition coefficient (Wildman–Crippen LogP) is 1.36. The predicted molar refractivity (Wildman–Crippen MR) is 30.1 cm³/mol. The van der Waals surface area contributed by atoms with E-state index in [2.05, 4.69) is 12.2 Å². The minimum Gasteiger partial charge on any atom is -0.0794 e.